The first-order chi connectivity index (χ1) is 9.56. The van der Waals surface area contributed by atoms with Gasteiger partial charge in [-0.15, -0.1) is 0 Å². The van der Waals surface area contributed by atoms with Gasteiger partial charge in [-0.1, -0.05) is 6.92 Å². The van der Waals surface area contributed by atoms with E-state index in [1.807, 2.05) is 38.1 Å². The van der Waals surface area contributed by atoms with Gasteiger partial charge in [0, 0.05) is 13.1 Å². The average Bonchev–Trinajstić information content (AvgIpc) is 2.44. The summed E-state index contributed by atoms with van der Waals surface area (Å²) in [6, 6.07) is 7.22. The Bertz CT molecular complexity index is 404. The number of nitrogens with zero attached hydrogens (tertiary/aromatic N) is 1. The highest BCUT2D eigenvalue weighted by Crippen LogP contribution is 2.18. The Morgan fingerprint density at radius 3 is 2.35 bits per heavy atom. The fourth-order valence-electron chi connectivity index (χ4n) is 1.66. The lowest BCUT2D eigenvalue weighted by Gasteiger charge is -2.18. The molecule has 112 valence electrons. The van der Waals surface area contributed by atoms with Gasteiger partial charge in [-0.3, -0.25) is 4.79 Å². The van der Waals surface area contributed by atoms with Gasteiger partial charge in [0.1, 0.15) is 11.5 Å². The second-order valence-corrected chi connectivity index (χ2v) is 4.78. The molecule has 0 heterocycles. The molecule has 0 saturated heterocycles. The molecule has 0 bridgehead atoms. The quantitative estimate of drug-likeness (QED) is 0.784. The van der Waals surface area contributed by atoms with Crippen LogP contribution >= 0.6 is 0 Å². The standard InChI is InChI=1S/C15H24N2O3/c1-5-14(15(18)16-10-11-17(2)3)20-13-8-6-12(19-4)7-9-13/h6-9,14H,5,10-11H2,1-4H3,(H,16,18)/t14-/m1/s1. The Balaban J connectivity index is 2.50. The second-order valence-electron chi connectivity index (χ2n) is 4.78. The molecule has 0 unspecified atom stereocenters. The summed E-state index contributed by atoms with van der Waals surface area (Å²) >= 11 is 0. The number of carbonyl (C=O) groups is 1. The summed E-state index contributed by atoms with van der Waals surface area (Å²) < 4.78 is 10.8. The maximum absolute atomic E-state index is 12.0. The highest BCUT2D eigenvalue weighted by Gasteiger charge is 2.17. The first kappa shape index (κ1) is 16.3. The average molecular weight is 280 g/mol. The predicted molar refractivity (Wildman–Crippen MR) is 79.3 cm³/mol. The van der Waals surface area contributed by atoms with Crippen molar-refractivity contribution < 1.29 is 14.3 Å². The normalized spacial score (nSPS) is 12.1. The predicted octanol–water partition coefficient (Wildman–Crippen LogP) is 1.53. The molecule has 1 amide bonds. The third-order valence-corrected chi connectivity index (χ3v) is 2.86. The number of ether oxygens (including phenoxy) is 2. The number of amides is 1. The zero-order valence-corrected chi connectivity index (χ0v) is 12.7. The highest BCUT2D eigenvalue weighted by atomic mass is 16.5. The number of hydrogen-bond acceptors (Lipinski definition) is 4. The van der Waals surface area contributed by atoms with Gasteiger partial charge in [0.25, 0.3) is 5.91 Å². The van der Waals surface area contributed by atoms with Crippen molar-refractivity contribution in [2.45, 2.75) is 19.4 Å². The number of benzene rings is 1. The number of methoxy groups -OCH3 is 1. The molecular formula is C15H24N2O3. The van der Waals surface area contributed by atoms with Crippen molar-refractivity contribution in [1.29, 1.82) is 0 Å². The van der Waals surface area contributed by atoms with Crippen molar-refractivity contribution in [3.05, 3.63) is 24.3 Å². The van der Waals surface area contributed by atoms with Gasteiger partial charge in [-0.2, -0.15) is 0 Å². The van der Waals surface area contributed by atoms with Crippen LogP contribution in [0, 0.1) is 0 Å². The van der Waals surface area contributed by atoms with Crippen molar-refractivity contribution in [2.75, 3.05) is 34.3 Å². The SMILES string of the molecule is CC[C@@H](Oc1ccc(OC)cc1)C(=O)NCCN(C)C. The molecule has 0 fully saturated rings. The molecule has 5 nitrogen and oxygen atoms in total. The molecular weight excluding hydrogens is 256 g/mol. The van der Waals surface area contributed by atoms with Crippen LogP contribution in [0.25, 0.3) is 0 Å². The lowest BCUT2D eigenvalue weighted by atomic mass is 10.2. The van der Waals surface area contributed by atoms with Gasteiger partial charge in [0.2, 0.25) is 0 Å². The van der Waals surface area contributed by atoms with Crippen molar-refractivity contribution in [2.24, 2.45) is 0 Å². The van der Waals surface area contributed by atoms with Gasteiger partial charge in [-0.25, -0.2) is 0 Å². The molecule has 0 aliphatic carbocycles. The molecule has 1 aromatic carbocycles. The van der Waals surface area contributed by atoms with Gasteiger partial charge in [0.15, 0.2) is 6.10 Å². The second kappa shape index (κ2) is 8.43. The zero-order valence-electron chi connectivity index (χ0n) is 12.7. The molecule has 0 aromatic heterocycles. The molecule has 1 rings (SSSR count). The molecule has 20 heavy (non-hydrogen) atoms. The number of nitrogens with one attached hydrogen (secondary N) is 1. The monoisotopic (exact) mass is 280 g/mol. The van der Waals surface area contributed by atoms with Crippen molar-refractivity contribution in [3.8, 4) is 11.5 Å². The smallest absolute Gasteiger partial charge is 0.261 e. The van der Waals surface area contributed by atoms with E-state index in [1.165, 1.54) is 0 Å². The largest absolute Gasteiger partial charge is 0.497 e. The summed E-state index contributed by atoms with van der Waals surface area (Å²) in [6.45, 7) is 3.36. The summed E-state index contributed by atoms with van der Waals surface area (Å²) in [5, 5.41) is 2.88. The summed E-state index contributed by atoms with van der Waals surface area (Å²) in [5.74, 6) is 1.35. The zero-order chi connectivity index (χ0) is 15.0. The topological polar surface area (TPSA) is 50.8 Å². The van der Waals surface area contributed by atoms with Crippen LogP contribution in [-0.4, -0.2) is 51.2 Å². The van der Waals surface area contributed by atoms with Crippen molar-refractivity contribution >= 4 is 5.91 Å². The van der Waals surface area contributed by atoms with Crippen LogP contribution in [0.15, 0.2) is 24.3 Å². The van der Waals surface area contributed by atoms with E-state index in [0.717, 1.165) is 12.3 Å². The van der Waals surface area contributed by atoms with E-state index in [1.54, 1.807) is 19.2 Å². The fraction of sp³-hybridized carbons (Fsp3) is 0.533. The molecule has 0 aliphatic heterocycles. The molecule has 0 spiro atoms. The van der Waals surface area contributed by atoms with Crippen LogP contribution in [0.2, 0.25) is 0 Å². The van der Waals surface area contributed by atoms with E-state index in [-0.39, 0.29) is 5.91 Å². The molecule has 5 heteroatoms. The van der Waals surface area contributed by atoms with Gasteiger partial charge >= 0.3 is 0 Å². The van der Waals surface area contributed by atoms with Crippen LogP contribution in [-0.2, 0) is 4.79 Å². The van der Waals surface area contributed by atoms with Crippen molar-refractivity contribution in [3.63, 3.8) is 0 Å². The number of hydrogen-bond donors (Lipinski definition) is 1. The lowest BCUT2D eigenvalue weighted by Crippen LogP contribution is -2.40. The Labute approximate surface area is 120 Å². The minimum atomic E-state index is -0.467. The molecule has 0 saturated carbocycles. The Morgan fingerprint density at radius 1 is 1.25 bits per heavy atom. The minimum Gasteiger partial charge on any atom is -0.497 e. The molecule has 1 N–H and O–H groups in total. The van der Waals surface area contributed by atoms with E-state index < -0.39 is 6.10 Å². The van der Waals surface area contributed by atoms with Gasteiger partial charge in [-0.05, 0) is 44.8 Å². The Hall–Kier alpha value is -1.75. The van der Waals surface area contributed by atoms with Crippen LogP contribution < -0.4 is 14.8 Å². The number of likely N-dealkylation sites (N-methyl/N-ethyl adjacent to an activating group) is 1. The van der Waals surface area contributed by atoms with E-state index in [9.17, 15) is 4.79 Å². The van der Waals surface area contributed by atoms with Crippen LogP contribution in [0.5, 0.6) is 11.5 Å². The maximum Gasteiger partial charge on any atom is 0.261 e. The van der Waals surface area contributed by atoms with Crippen LogP contribution in [0.4, 0.5) is 0 Å². The summed E-state index contributed by atoms with van der Waals surface area (Å²) in [5.41, 5.74) is 0. The number of carbonyl (C=O) groups excluding carboxylic acids is 1. The Morgan fingerprint density at radius 2 is 1.85 bits per heavy atom. The summed E-state index contributed by atoms with van der Waals surface area (Å²) in [7, 11) is 5.55. The van der Waals surface area contributed by atoms with E-state index in [4.69, 9.17) is 9.47 Å². The van der Waals surface area contributed by atoms with Crippen molar-refractivity contribution in [1.82, 2.24) is 10.2 Å². The Kier molecular flexibility index (Phi) is 6.87. The summed E-state index contributed by atoms with van der Waals surface area (Å²) in [4.78, 5) is 14.0. The molecule has 1 aromatic rings. The fourth-order valence-corrected chi connectivity index (χ4v) is 1.66. The number of rotatable bonds is 8. The van der Waals surface area contributed by atoms with Crippen LogP contribution in [0.3, 0.4) is 0 Å². The first-order valence-electron chi connectivity index (χ1n) is 6.80. The third kappa shape index (κ3) is 5.48. The first-order valence-corrected chi connectivity index (χ1v) is 6.80. The van der Waals surface area contributed by atoms with Gasteiger partial charge < -0.3 is 19.7 Å². The highest BCUT2D eigenvalue weighted by molar-refractivity contribution is 5.81. The maximum atomic E-state index is 12.0. The molecule has 1 atom stereocenters. The third-order valence-electron chi connectivity index (χ3n) is 2.86. The molecule has 0 aliphatic rings. The summed E-state index contributed by atoms with van der Waals surface area (Å²) in [6.07, 6.45) is 0.158. The minimum absolute atomic E-state index is 0.0785. The van der Waals surface area contributed by atoms with E-state index >= 15 is 0 Å². The molecule has 0 radical (unpaired) electrons. The lowest BCUT2D eigenvalue weighted by molar-refractivity contribution is -0.128. The van der Waals surface area contributed by atoms with E-state index in [0.29, 0.717) is 18.7 Å². The van der Waals surface area contributed by atoms with E-state index in [2.05, 4.69) is 5.32 Å². The van der Waals surface area contributed by atoms with Gasteiger partial charge in [0.05, 0.1) is 7.11 Å². The van der Waals surface area contributed by atoms with Crippen LogP contribution in [0.1, 0.15) is 13.3 Å².